The van der Waals surface area contributed by atoms with E-state index in [9.17, 15) is 4.79 Å². The summed E-state index contributed by atoms with van der Waals surface area (Å²) in [5, 5.41) is 0. The van der Waals surface area contributed by atoms with Crippen molar-refractivity contribution in [1.29, 1.82) is 0 Å². The second-order valence-corrected chi connectivity index (χ2v) is 4.68. The van der Waals surface area contributed by atoms with Gasteiger partial charge in [0.15, 0.2) is 5.78 Å². The molecule has 0 radical (unpaired) electrons. The number of carbonyl (C=O) groups excluding carboxylic acids is 1. The van der Waals surface area contributed by atoms with Crippen LogP contribution >= 0.6 is 0 Å². The minimum Gasteiger partial charge on any atom is -0.399 e. The second-order valence-electron chi connectivity index (χ2n) is 4.68. The molecule has 0 aliphatic carbocycles. The van der Waals surface area contributed by atoms with Crippen LogP contribution in [0.25, 0.3) is 0 Å². The Morgan fingerprint density at radius 3 is 2.63 bits per heavy atom. The van der Waals surface area contributed by atoms with Crippen LogP contribution in [0.5, 0.6) is 0 Å². The first kappa shape index (κ1) is 13.3. The van der Waals surface area contributed by atoms with E-state index in [1.54, 1.807) is 12.1 Å². The number of pyridine rings is 1. The summed E-state index contributed by atoms with van der Waals surface area (Å²) in [5.74, 6) is 0.0693. The van der Waals surface area contributed by atoms with Crippen molar-refractivity contribution >= 4 is 11.5 Å². The van der Waals surface area contributed by atoms with Crippen LogP contribution < -0.4 is 5.73 Å². The minimum absolute atomic E-state index is 0.0693. The van der Waals surface area contributed by atoms with Crippen LogP contribution in [0.3, 0.4) is 0 Å². The van der Waals surface area contributed by atoms with Crippen LogP contribution in [0.4, 0.5) is 5.69 Å². The molecule has 1 aromatic heterocycles. The highest BCUT2D eigenvalue weighted by atomic mass is 16.1. The molecule has 0 amide bonds. The number of ketones is 1. The molecule has 3 heteroatoms. The van der Waals surface area contributed by atoms with Crippen LogP contribution in [0.2, 0.25) is 0 Å². The van der Waals surface area contributed by atoms with Gasteiger partial charge in [0, 0.05) is 23.1 Å². The summed E-state index contributed by atoms with van der Waals surface area (Å²) >= 11 is 0. The Labute approximate surface area is 113 Å². The van der Waals surface area contributed by atoms with E-state index >= 15 is 0 Å². The number of nitrogens with zero attached hydrogens (tertiary/aromatic N) is 1. The van der Waals surface area contributed by atoms with Gasteiger partial charge in [0.25, 0.3) is 0 Å². The summed E-state index contributed by atoms with van der Waals surface area (Å²) in [5.41, 5.74) is 10.1. The summed E-state index contributed by atoms with van der Waals surface area (Å²) < 4.78 is 0. The number of hydrogen-bond acceptors (Lipinski definition) is 3. The van der Waals surface area contributed by atoms with Crippen molar-refractivity contribution in [3.63, 3.8) is 0 Å². The molecule has 0 unspecified atom stereocenters. The third-order valence-electron chi connectivity index (χ3n) is 3.23. The zero-order valence-electron chi connectivity index (χ0n) is 11.3. The molecule has 98 valence electrons. The maximum absolute atomic E-state index is 12.2. The monoisotopic (exact) mass is 254 g/mol. The van der Waals surface area contributed by atoms with Gasteiger partial charge in [-0.25, -0.2) is 0 Å². The van der Waals surface area contributed by atoms with Crippen molar-refractivity contribution in [1.82, 2.24) is 4.98 Å². The maximum atomic E-state index is 12.2. The standard InChI is InChI=1S/C16H18N2O/c1-3-12-4-6-14(18-10-12)9-16(19)13-5-7-15(17)11(2)8-13/h4-8,10H,3,9,17H2,1-2H3. The minimum atomic E-state index is 0.0693. The molecule has 1 aromatic carbocycles. The molecule has 0 saturated carbocycles. The van der Waals surface area contributed by atoms with Crippen molar-refractivity contribution in [2.24, 2.45) is 0 Å². The largest absolute Gasteiger partial charge is 0.399 e. The lowest BCUT2D eigenvalue weighted by molar-refractivity contribution is 0.0992. The van der Waals surface area contributed by atoms with Gasteiger partial charge in [0.05, 0.1) is 6.42 Å². The summed E-state index contributed by atoms with van der Waals surface area (Å²) in [6, 6.07) is 9.31. The van der Waals surface area contributed by atoms with Crippen LogP contribution in [0.15, 0.2) is 36.5 Å². The quantitative estimate of drug-likeness (QED) is 0.674. The van der Waals surface area contributed by atoms with E-state index in [0.29, 0.717) is 17.7 Å². The number of Topliss-reactive ketones (excluding diaryl/α,β-unsaturated/α-hetero) is 1. The number of nitrogens with two attached hydrogens (primary N) is 1. The third-order valence-corrected chi connectivity index (χ3v) is 3.23. The highest BCUT2D eigenvalue weighted by Crippen LogP contribution is 2.14. The highest BCUT2D eigenvalue weighted by molar-refractivity contribution is 5.97. The molecule has 0 saturated heterocycles. The second kappa shape index (κ2) is 5.65. The van der Waals surface area contributed by atoms with Gasteiger partial charge in [0.2, 0.25) is 0 Å². The SMILES string of the molecule is CCc1ccc(CC(=O)c2ccc(N)c(C)c2)nc1. The molecule has 0 aliphatic rings. The first-order chi connectivity index (χ1) is 9.10. The van der Waals surface area contributed by atoms with Gasteiger partial charge in [-0.3, -0.25) is 9.78 Å². The fraction of sp³-hybridized carbons (Fsp3) is 0.250. The Hall–Kier alpha value is -2.16. The molecule has 1 heterocycles. The van der Waals surface area contributed by atoms with Crippen LogP contribution in [-0.2, 0) is 12.8 Å². The summed E-state index contributed by atoms with van der Waals surface area (Å²) in [4.78, 5) is 16.5. The van der Waals surface area contributed by atoms with E-state index in [-0.39, 0.29) is 5.78 Å². The Balaban J connectivity index is 2.13. The summed E-state index contributed by atoms with van der Waals surface area (Å²) in [7, 11) is 0. The number of aryl methyl sites for hydroxylation is 2. The number of anilines is 1. The van der Waals surface area contributed by atoms with E-state index in [1.807, 2.05) is 31.3 Å². The first-order valence-electron chi connectivity index (χ1n) is 6.43. The lowest BCUT2D eigenvalue weighted by atomic mass is 10.0. The molecule has 0 spiro atoms. The highest BCUT2D eigenvalue weighted by Gasteiger charge is 2.09. The van der Waals surface area contributed by atoms with Crippen molar-refractivity contribution in [2.45, 2.75) is 26.7 Å². The zero-order chi connectivity index (χ0) is 13.8. The van der Waals surface area contributed by atoms with Gasteiger partial charge in [-0.1, -0.05) is 13.0 Å². The molecular formula is C16H18N2O. The molecule has 2 aromatic rings. The summed E-state index contributed by atoms with van der Waals surface area (Å²) in [6.07, 6.45) is 3.11. The Bertz CT molecular complexity index is 588. The van der Waals surface area contributed by atoms with Crippen molar-refractivity contribution in [3.05, 3.63) is 58.9 Å². The third kappa shape index (κ3) is 3.19. The Morgan fingerprint density at radius 1 is 1.26 bits per heavy atom. The van der Waals surface area contributed by atoms with Gasteiger partial charge in [-0.2, -0.15) is 0 Å². The molecule has 3 nitrogen and oxygen atoms in total. The average Bonchev–Trinajstić information content (AvgIpc) is 2.42. The number of nitrogen functional groups attached to an aromatic ring is 1. The normalized spacial score (nSPS) is 10.4. The van der Waals surface area contributed by atoms with Crippen molar-refractivity contribution in [3.8, 4) is 0 Å². The van der Waals surface area contributed by atoms with E-state index in [2.05, 4.69) is 11.9 Å². The number of rotatable bonds is 4. The number of aromatic nitrogens is 1. The lowest BCUT2D eigenvalue weighted by Crippen LogP contribution is -2.06. The first-order valence-corrected chi connectivity index (χ1v) is 6.43. The van der Waals surface area contributed by atoms with Crippen molar-refractivity contribution in [2.75, 3.05) is 5.73 Å². The maximum Gasteiger partial charge on any atom is 0.168 e. The predicted molar refractivity (Wildman–Crippen MR) is 77.2 cm³/mol. The van der Waals surface area contributed by atoms with Gasteiger partial charge < -0.3 is 5.73 Å². The predicted octanol–water partition coefficient (Wildman–Crippen LogP) is 2.96. The van der Waals surface area contributed by atoms with Crippen LogP contribution in [-0.4, -0.2) is 10.8 Å². The van der Waals surface area contributed by atoms with Gasteiger partial charge >= 0.3 is 0 Å². The molecular weight excluding hydrogens is 236 g/mol. The lowest BCUT2D eigenvalue weighted by Gasteiger charge is -2.05. The van der Waals surface area contributed by atoms with Crippen molar-refractivity contribution < 1.29 is 4.79 Å². The molecule has 19 heavy (non-hydrogen) atoms. The Kier molecular flexibility index (Phi) is 3.95. The molecule has 2 N–H and O–H groups in total. The number of benzene rings is 1. The Morgan fingerprint density at radius 2 is 2.05 bits per heavy atom. The topological polar surface area (TPSA) is 56.0 Å². The van der Waals surface area contributed by atoms with E-state index in [0.717, 1.165) is 17.7 Å². The smallest absolute Gasteiger partial charge is 0.168 e. The van der Waals surface area contributed by atoms with E-state index in [1.165, 1.54) is 5.56 Å². The number of carbonyl (C=O) groups is 1. The average molecular weight is 254 g/mol. The molecule has 0 bridgehead atoms. The zero-order valence-corrected chi connectivity index (χ0v) is 11.3. The molecule has 0 aliphatic heterocycles. The summed E-state index contributed by atoms with van der Waals surface area (Å²) in [6.45, 7) is 3.99. The molecule has 2 rings (SSSR count). The van der Waals surface area contributed by atoms with E-state index < -0.39 is 0 Å². The van der Waals surface area contributed by atoms with Crippen LogP contribution in [0, 0.1) is 6.92 Å². The van der Waals surface area contributed by atoms with Crippen LogP contribution in [0.1, 0.15) is 34.1 Å². The van der Waals surface area contributed by atoms with Gasteiger partial charge in [-0.15, -0.1) is 0 Å². The fourth-order valence-electron chi connectivity index (χ4n) is 1.88. The molecule has 0 atom stereocenters. The van der Waals surface area contributed by atoms with Gasteiger partial charge in [0.1, 0.15) is 0 Å². The fourth-order valence-corrected chi connectivity index (χ4v) is 1.88. The van der Waals surface area contributed by atoms with E-state index in [4.69, 9.17) is 5.73 Å². The van der Waals surface area contributed by atoms with Gasteiger partial charge in [-0.05, 0) is 48.7 Å². The molecule has 0 fully saturated rings. The number of hydrogen-bond donors (Lipinski definition) is 1.